The van der Waals surface area contributed by atoms with Gasteiger partial charge in [0.2, 0.25) is 0 Å². The lowest BCUT2D eigenvalue weighted by atomic mass is 10.2. The van der Waals surface area contributed by atoms with Crippen LogP contribution in [0.15, 0.2) is 76.5 Å². The lowest BCUT2D eigenvalue weighted by Gasteiger charge is -2.12. The number of sulfonamides is 1. The largest absolute Gasteiger partial charge is 0.482 e. The molecule has 0 aliphatic carbocycles. The number of carbonyl (C=O) groups excluding carboxylic acids is 1. The average Bonchev–Trinajstić information content (AvgIpc) is 2.74. The maximum absolute atomic E-state index is 12.6. The van der Waals surface area contributed by atoms with Crippen LogP contribution in [-0.4, -0.2) is 27.2 Å². The van der Waals surface area contributed by atoms with E-state index in [0.717, 1.165) is 10.5 Å². The van der Waals surface area contributed by atoms with Crippen molar-refractivity contribution in [3.8, 4) is 5.75 Å². The second-order valence-electron chi connectivity index (χ2n) is 6.63. The zero-order valence-electron chi connectivity index (χ0n) is 16.9. The summed E-state index contributed by atoms with van der Waals surface area (Å²) < 4.78 is 33.2. The van der Waals surface area contributed by atoms with Crippen molar-refractivity contribution in [3.05, 3.63) is 77.3 Å². The summed E-state index contributed by atoms with van der Waals surface area (Å²) in [5.74, 6) is -0.143. The van der Waals surface area contributed by atoms with E-state index in [1.54, 1.807) is 30.0 Å². The third kappa shape index (κ3) is 6.40. The van der Waals surface area contributed by atoms with E-state index in [4.69, 9.17) is 16.3 Å². The lowest BCUT2D eigenvalue weighted by molar-refractivity contribution is -0.118. The summed E-state index contributed by atoms with van der Waals surface area (Å²) in [7, 11) is -3.82. The summed E-state index contributed by atoms with van der Waals surface area (Å²) >= 11 is 7.76. The average molecular weight is 477 g/mol. The van der Waals surface area contributed by atoms with Crippen LogP contribution in [0.1, 0.15) is 5.56 Å². The van der Waals surface area contributed by atoms with E-state index in [-0.39, 0.29) is 28.2 Å². The van der Waals surface area contributed by atoms with E-state index in [2.05, 4.69) is 10.0 Å². The molecule has 0 heterocycles. The summed E-state index contributed by atoms with van der Waals surface area (Å²) in [4.78, 5) is 13.2. The molecule has 162 valence electrons. The Hall–Kier alpha value is -2.68. The molecular formula is C22H21ClN2O4S2. The second kappa shape index (κ2) is 10.1. The van der Waals surface area contributed by atoms with E-state index < -0.39 is 10.0 Å². The number of thioether (sulfide) groups is 1. The number of benzene rings is 3. The molecule has 3 rings (SSSR count). The highest BCUT2D eigenvalue weighted by Gasteiger charge is 2.17. The molecular weight excluding hydrogens is 456 g/mol. The van der Waals surface area contributed by atoms with Gasteiger partial charge in [-0.1, -0.05) is 35.4 Å². The smallest absolute Gasteiger partial charge is 0.262 e. The fourth-order valence-electron chi connectivity index (χ4n) is 2.64. The van der Waals surface area contributed by atoms with Crippen molar-refractivity contribution in [2.45, 2.75) is 16.7 Å². The Kier molecular flexibility index (Phi) is 7.48. The molecule has 2 N–H and O–H groups in total. The van der Waals surface area contributed by atoms with Gasteiger partial charge in [-0.05, 0) is 61.7 Å². The number of rotatable bonds is 8. The molecule has 6 nitrogen and oxygen atoms in total. The van der Waals surface area contributed by atoms with Gasteiger partial charge in [-0.2, -0.15) is 0 Å². The molecule has 0 radical (unpaired) electrons. The molecule has 31 heavy (non-hydrogen) atoms. The van der Waals surface area contributed by atoms with Gasteiger partial charge < -0.3 is 10.1 Å². The predicted octanol–water partition coefficient (Wildman–Crippen LogP) is 5.19. The van der Waals surface area contributed by atoms with Gasteiger partial charge in [0.15, 0.2) is 6.61 Å². The Balaban J connectivity index is 1.63. The third-order valence-corrected chi connectivity index (χ3v) is 6.63. The van der Waals surface area contributed by atoms with Gasteiger partial charge in [0, 0.05) is 16.3 Å². The van der Waals surface area contributed by atoms with Crippen LogP contribution < -0.4 is 14.8 Å². The fourth-order valence-corrected chi connectivity index (χ4v) is 4.49. The zero-order valence-corrected chi connectivity index (χ0v) is 19.3. The van der Waals surface area contributed by atoms with Crippen LogP contribution in [0.4, 0.5) is 11.4 Å². The van der Waals surface area contributed by atoms with E-state index >= 15 is 0 Å². The maximum Gasteiger partial charge on any atom is 0.262 e. The predicted molar refractivity (Wildman–Crippen MR) is 126 cm³/mol. The number of halogens is 1. The Morgan fingerprint density at radius 3 is 2.45 bits per heavy atom. The molecule has 0 aliphatic heterocycles. The van der Waals surface area contributed by atoms with Crippen LogP contribution in [0.3, 0.4) is 0 Å². The first kappa shape index (κ1) is 23.0. The summed E-state index contributed by atoms with van der Waals surface area (Å²) in [6.07, 6.45) is 1.95. The molecule has 0 saturated heterocycles. The quantitative estimate of drug-likeness (QED) is 0.437. The van der Waals surface area contributed by atoms with Crippen molar-refractivity contribution >= 4 is 50.7 Å². The van der Waals surface area contributed by atoms with Gasteiger partial charge in [0.05, 0.1) is 9.92 Å². The summed E-state index contributed by atoms with van der Waals surface area (Å²) in [5, 5.41) is 2.83. The maximum atomic E-state index is 12.6. The van der Waals surface area contributed by atoms with Gasteiger partial charge in [0.25, 0.3) is 15.9 Å². The highest BCUT2D eigenvalue weighted by atomic mass is 35.5. The SMILES string of the molecule is CSc1cccc(NC(=O)COc2ccc(S(=O)(=O)Nc3ccc(C)cc3)cc2Cl)c1. The number of amides is 1. The van der Waals surface area contributed by atoms with Crippen molar-refractivity contribution in [1.29, 1.82) is 0 Å². The van der Waals surface area contributed by atoms with E-state index in [1.807, 2.05) is 43.5 Å². The molecule has 0 spiro atoms. The molecule has 0 fully saturated rings. The second-order valence-corrected chi connectivity index (χ2v) is 9.60. The molecule has 0 unspecified atom stereocenters. The zero-order chi connectivity index (χ0) is 22.4. The number of aryl methyl sites for hydroxylation is 1. The van der Waals surface area contributed by atoms with Crippen molar-refractivity contribution in [1.82, 2.24) is 0 Å². The first-order valence-electron chi connectivity index (χ1n) is 9.22. The van der Waals surface area contributed by atoms with Crippen LogP contribution in [-0.2, 0) is 14.8 Å². The Morgan fingerprint density at radius 2 is 1.77 bits per heavy atom. The Bertz CT molecular complexity index is 1180. The minimum absolute atomic E-state index is 0.0104. The minimum Gasteiger partial charge on any atom is -0.482 e. The molecule has 0 saturated carbocycles. The van der Waals surface area contributed by atoms with Crippen molar-refractivity contribution < 1.29 is 17.9 Å². The minimum atomic E-state index is -3.82. The molecule has 0 atom stereocenters. The number of nitrogens with one attached hydrogen (secondary N) is 2. The topological polar surface area (TPSA) is 84.5 Å². The molecule has 0 bridgehead atoms. The van der Waals surface area contributed by atoms with E-state index in [9.17, 15) is 13.2 Å². The summed E-state index contributed by atoms with van der Waals surface area (Å²) in [6.45, 7) is 1.65. The van der Waals surface area contributed by atoms with Crippen LogP contribution in [0, 0.1) is 6.92 Å². The Labute approximate surface area is 191 Å². The van der Waals surface area contributed by atoms with Crippen LogP contribution in [0.25, 0.3) is 0 Å². The van der Waals surface area contributed by atoms with E-state index in [0.29, 0.717) is 11.4 Å². The molecule has 9 heteroatoms. The molecule has 1 amide bonds. The number of anilines is 2. The number of hydrogen-bond acceptors (Lipinski definition) is 5. The lowest BCUT2D eigenvalue weighted by Crippen LogP contribution is -2.20. The van der Waals surface area contributed by atoms with Gasteiger partial charge >= 0.3 is 0 Å². The molecule has 3 aromatic carbocycles. The van der Waals surface area contributed by atoms with Gasteiger partial charge in [-0.15, -0.1) is 11.8 Å². The highest BCUT2D eigenvalue weighted by Crippen LogP contribution is 2.28. The van der Waals surface area contributed by atoms with Crippen molar-refractivity contribution in [2.75, 3.05) is 22.9 Å². The normalized spacial score (nSPS) is 11.1. The van der Waals surface area contributed by atoms with Crippen LogP contribution >= 0.6 is 23.4 Å². The number of carbonyl (C=O) groups is 1. The fraction of sp³-hybridized carbons (Fsp3) is 0.136. The summed E-state index contributed by atoms with van der Waals surface area (Å²) in [5.41, 5.74) is 2.13. The summed E-state index contributed by atoms with van der Waals surface area (Å²) in [6, 6.07) is 18.5. The van der Waals surface area contributed by atoms with Crippen LogP contribution in [0.2, 0.25) is 5.02 Å². The van der Waals surface area contributed by atoms with Gasteiger partial charge in [-0.3, -0.25) is 9.52 Å². The first-order valence-corrected chi connectivity index (χ1v) is 12.3. The Morgan fingerprint density at radius 1 is 1.03 bits per heavy atom. The van der Waals surface area contributed by atoms with Crippen LogP contribution in [0.5, 0.6) is 5.75 Å². The van der Waals surface area contributed by atoms with Gasteiger partial charge in [0.1, 0.15) is 5.75 Å². The highest BCUT2D eigenvalue weighted by molar-refractivity contribution is 7.98. The molecule has 0 aliphatic rings. The third-order valence-electron chi connectivity index (χ3n) is 4.23. The molecule has 0 aromatic heterocycles. The monoisotopic (exact) mass is 476 g/mol. The van der Waals surface area contributed by atoms with Gasteiger partial charge in [-0.25, -0.2) is 8.42 Å². The number of hydrogen-bond donors (Lipinski definition) is 2. The standard InChI is InChI=1S/C22H21ClN2O4S2/c1-15-6-8-16(9-7-15)25-31(27,28)19-10-11-21(20(23)13-19)29-14-22(26)24-17-4-3-5-18(12-17)30-2/h3-13,25H,14H2,1-2H3,(H,24,26). The van der Waals surface area contributed by atoms with Crippen molar-refractivity contribution in [2.24, 2.45) is 0 Å². The van der Waals surface area contributed by atoms with Crippen molar-refractivity contribution in [3.63, 3.8) is 0 Å². The van der Waals surface area contributed by atoms with E-state index in [1.165, 1.54) is 18.2 Å². The number of ether oxygens (including phenoxy) is 1. The molecule has 3 aromatic rings. The first-order chi connectivity index (χ1) is 14.8.